The number of para-hydroxylation sites is 1. The lowest BCUT2D eigenvalue weighted by atomic mass is 10.1. The Hall–Kier alpha value is -2.57. The molecule has 1 saturated carbocycles. The molecule has 3 aromatic carbocycles. The fraction of sp³-hybridized carbons (Fsp3) is 0.200. The quantitative estimate of drug-likeness (QED) is 0.590. The Morgan fingerprint density at radius 3 is 1.93 bits per heavy atom. The van der Waals surface area contributed by atoms with Crippen LogP contribution in [0.2, 0.25) is 0 Å². The van der Waals surface area contributed by atoms with E-state index in [-0.39, 0.29) is 5.78 Å². The molecular formula is C25H25O2P. The molecule has 0 unspecified atom stereocenters. The fourth-order valence-corrected chi connectivity index (χ4v) is 7.99. The molecular weight excluding hydrogens is 363 g/mol. The SMILES string of the molecule is COc1c(C2CC2)cccc1P(=CC(C)=O)(c1ccccc1)c1ccccc1. The maximum Gasteiger partial charge on any atom is 0.153 e. The van der Waals surface area contributed by atoms with Crippen LogP contribution < -0.4 is 20.7 Å². The molecule has 28 heavy (non-hydrogen) atoms. The second kappa shape index (κ2) is 7.81. The predicted octanol–water partition coefficient (Wildman–Crippen LogP) is 4.26. The molecule has 0 aromatic heterocycles. The van der Waals surface area contributed by atoms with Crippen molar-refractivity contribution < 1.29 is 9.53 Å². The molecule has 0 atom stereocenters. The van der Waals surface area contributed by atoms with Crippen LogP contribution in [-0.2, 0) is 4.79 Å². The van der Waals surface area contributed by atoms with Crippen molar-refractivity contribution in [3.8, 4) is 5.75 Å². The number of rotatable bonds is 6. The van der Waals surface area contributed by atoms with E-state index in [1.54, 1.807) is 14.0 Å². The first-order valence-electron chi connectivity index (χ1n) is 9.70. The van der Waals surface area contributed by atoms with Crippen LogP contribution in [0.25, 0.3) is 0 Å². The van der Waals surface area contributed by atoms with Gasteiger partial charge in [0.25, 0.3) is 0 Å². The topological polar surface area (TPSA) is 26.3 Å². The Balaban J connectivity index is 2.13. The van der Waals surface area contributed by atoms with Gasteiger partial charge in [0.2, 0.25) is 0 Å². The average Bonchev–Trinajstić information content (AvgIpc) is 3.58. The molecule has 0 bridgehead atoms. The number of hydrogen-bond donors (Lipinski definition) is 0. The van der Waals surface area contributed by atoms with Crippen LogP contribution in [0.5, 0.6) is 5.75 Å². The van der Waals surface area contributed by atoms with Gasteiger partial charge in [0.1, 0.15) is 5.75 Å². The normalized spacial score (nSPS) is 13.8. The third-order valence-corrected chi connectivity index (χ3v) is 9.42. The van der Waals surface area contributed by atoms with Gasteiger partial charge < -0.3 is 4.74 Å². The van der Waals surface area contributed by atoms with Crippen molar-refractivity contribution in [3.63, 3.8) is 0 Å². The van der Waals surface area contributed by atoms with Crippen molar-refractivity contribution in [2.75, 3.05) is 7.11 Å². The first kappa shape index (κ1) is 18.8. The van der Waals surface area contributed by atoms with Crippen molar-refractivity contribution >= 4 is 34.4 Å². The number of benzene rings is 3. The summed E-state index contributed by atoms with van der Waals surface area (Å²) >= 11 is 0. The second-order valence-corrected chi connectivity index (χ2v) is 10.5. The van der Waals surface area contributed by atoms with Crippen LogP contribution in [0.1, 0.15) is 31.2 Å². The average molecular weight is 388 g/mol. The number of hydrogen-bond acceptors (Lipinski definition) is 2. The molecule has 2 nitrogen and oxygen atoms in total. The summed E-state index contributed by atoms with van der Waals surface area (Å²) in [7, 11) is 1.75. The summed E-state index contributed by atoms with van der Waals surface area (Å²) in [6.45, 7) is -0.651. The monoisotopic (exact) mass is 388 g/mol. The highest BCUT2D eigenvalue weighted by molar-refractivity contribution is 7.95. The summed E-state index contributed by atoms with van der Waals surface area (Å²) < 4.78 is 6.00. The molecule has 4 rings (SSSR count). The molecule has 0 aliphatic heterocycles. The van der Waals surface area contributed by atoms with Gasteiger partial charge >= 0.3 is 0 Å². The summed E-state index contributed by atoms with van der Waals surface area (Å²) in [5.41, 5.74) is 1.27. The van der Waals surface area contributed by atoms with Gasteiger partial charge in [-0.2, -0.15) is 0 Å². The highest BCUT2D eigenvalue weighted by atomic mass is 31.2. The van der Waals surface area contributed by atoms with Gasteiger partial charge in [-0.05, 0) is 54.5 Å². The number of ether oxygens (including phenoxy) is 1. The highest BCUT2D eigenvalue weighted by Crippen LogP contribution is 2.50. The van der Waals surface area contributed by atoms with E-state index in [9.17, 15) is 4.79 Å². The zero-order valence-electron chi connectivity index (χ0n) is 16.3. The number of Topliss-reactive ketones (excluding diaryl/α,β-unsaturated/α-hetero) is 1. The maximum atomic E-state index is 12.5. The minimum absolute atomic E-state index is 0.0833. The van der Waals surface area contributed by atoms with E-state index >= 15 is 0 Å². The summed E-state index contributed by atoms with van der Waals surface area (Å²) in [5.74, 6) is 3.55. The number of carbonyl (C=O) groups is 1. The predicted molar refractivity (Wildman–Crippen MR) is 120 cm³/mol. The van der Waals surface area contributed by atoms with Gasteiger partial charge in [-0.25, -0.2) is 0 Å². The van der Waals surface area contributed by atoms with E-state index in [1.807, 2.05) is 17.9 Å². The van der Waals surface area contributed by atoms with Crippen LogP contribution in [0.3, 0.4) is 0 Å². The van der Waals surface area contributed by atoms with E-state index in [4.69, 9.17) is 4.74 Å². The third kappa shape index (κ3) is 3.34. The molecule has 0 amide bonds. The molecule has 0 N–H and O–H groups in total. The van der Waals surface area contributed by atoms with Crippen molar-refractivity contribution in [2.45, 2.75) is 25.7 Å². The van der Waals surface area contributed by atoms with Crippen LogP contribution >= 0.6 is 6.89 Å². The first-order chi connectivity index (χ1) is 13.7. The zero-order chi connectivity index (χ0) is 19.6. The zero-order valence-corrected chi connectivity index (χ0v) is 17.2. The molecule has 3 aromatic rings. The number of carbonyl (C=O) groups excluding carboxylic acids is 1. The van der Waals surface area contributed by atoms with Gasteiger partial charge in [-0.3, -0.25) is 4.79 Å². The number of methoxy groups -OCH3 is 1. The Morgan fingerprint density at radius 1 is 0.893 bits per heavy atom. The standard InChI is InChI=1S/C25H25O2P/c1-19(26)18-28(21-10-5-3-6-11-21,22-12-7-4-8-13-22)24-15-9-14-23(20-16-17-20)25(24)27-2/h3-15,18,20H,16-17H2,1-2H3. The van der Waals surface area contributed by atoms with Crippen LogP contribution in [-0.4, -0.2) is 18.7 Å². The second-order valence-electron chi connectivity index (χ2n) is 7.31. The maximum absolute atomic E-state index is 12.5. The van der Waals surface area contributed by atoms with Crippen molar-refractivity contribution in [1.29, 1.82) is 0 Å². The lowest BCUT2D eigenvalue weighted by molar-refractivity contribution is -0.110. The van der Waals surface area contributed by atoms with Crippen molar-refractivity contribution in [1.82, 2.24) is 0 Å². The minimum atomic E-state index is -2.30. The van der Waals surface area contributed by atoms with Gasteiger partial charge in [0.15, 0.2) is 5.78 Å². The van der Waals surface area contributed by atoms with Crippen molar-refractivity contribution in [2.24, 2.45) is 0 Å². The summed E-state index contributed by atoms with van der Waals surface area (Å²) in [6.07, 6.45) is 2.41. The summed E-state index contributed by atoms with van der Waals surface area (Å²) in [5, 5.41) is 3.47. The van der Waals surface area contributed by atoms with Crippen LogP contribution in [0.4, 0.5) is 0 Å². The minimum Gasteiger partial charge on any atom is -0.496 e. The van der Waals surface area contributed by atoms with E-state index < -0.39 is 6.89 Å². The van der Waals surface area contributed by atoms with Gasteiger partial charge in [-0.15, -0.1) is 0 Å². The number of ketones is 1. The molecule has 0 saturated heterocycles. The van der Waals surface area contributed by atoms with Gasteiger partial charge in [0.05, 0.1) is 7.11 Å². The Morgan fingerprint density at radius 2 is 1.46 bits per heavy atom. The van der Waals surface area contributed by atoms with Crippen LogP contribution in [0, 0.1) is 0 Å². The van der Waals surface area contributed by atoms with E-state index in [0.29, 0.717) is 5.92 Å². The van der Waals surface area contributed by atoms with Gasteiger partial charge in [0, 0.05) is 5.30 Å². The molecule has 1 aliphatic rings. The lowest BCUT2D eigenvalue weighted by Crippen LogP contribution is -2.29. The Labute approximate surface area is 167 Å². The molecule has 1 fully saturated rings. The summed E-state index contributed by atoms with van der Waals surface area (Å²) in [6, 6.07) is 27.3. The summed E-state index contributed by atoms with van der Waals surface area (Å²) in [4.78, 5) is 12.5. The third-order valence-electron chi connectivity index (χ3n) is 5.33. The van der Waals surface area contributed by atoms with E-state index in [2.05, 4.69) is 66.7 Å². The van der Waals surface area contributed by atoms with Crippen molar-refractivity contribution in [3.05, 3.63) is 84.4 Å². The highest BCUT2D eigenvalue weighted by Gasteiger charge is 2.33. The molecule has 3 heteroatoms. The lowest BCUT2D eigenvalue weighted by Gasteiger charge is -2.30. The van der Waals surface area contributed by atoms with E-state index in [0.717, 1.165) is 11.1 Å². The molecule has 1 aliphatic carbocycles. The largest absolute Gasteiger partial charge is 0.496 e. The molecule has 0 heterocycles. The molecule has 0 radical (unpaired) electrons. The molecule has 142 valence electrons. The van der Waals surface area contributed by atoms with Gasteiger partial charge in [-0.1, -0.05) is 78.9 Å². The van der Waals surface area contributed by atoms with Crippen LogP contribution in [0.15, 0.2) is 78.9 Å². The molecule has 0 spiro atoms. The van der Waals surface area contributed by atoms with E-state index in [1.165, 1.54) is 29.0 Å². The Kier molecular flexibility index (Phi) is 5.24. The smallest absolute Gasteiger partial charge is 0.153 e. The fourth-order valence-electron chi connectivity index (χ4n) is 4.00. The Bertz CT molecular complexity index is 991. The first-order valence-corrected chi connectivity index (χ1v) is 11.6.